The van der Waals surface area contributed by atoms with Crippen molar-refractivity contribution >= 4 is 23.2 Å². The Labute approximate surface area is 122 Å². The van der Waals surface area contributed by atoms with E-state index in [0.29, 0.717) is 16.5 Å². The number of benzene rings is 2. The van der Waals surface area contributed by atoms with E-state index in [1.165, 1.54) is 0 Å². The van der Waals surface area contributed by atoms with Gasteiger partial charge in [-0.25, -0.2) is 0 Å². The predicted octanol–water partition coefficient (Wildman–Crippen LogP) is 4.52. The minimum Gasteiger partial charge on any atom is -0.485 e. The van der Waals surface area contributed by atoms with Gasteiger partial charge in [-0.15, -0.1) is 0 Å². The summed E-state index contributed by atoms with van der Waals surface area (Å²) in [6.45, 7) is 0. The standard InChI is InChI=1S/C15H13Cl2NO/c16-11-6-3-5-10(15(11)17)14-8-12(18)9-4-1-2-7-13(9)19-14/h1-7,12,14H,8,18H2. The Morgan fingerprint density at radius 3 is 2.58 bits per heavy atom. The van der Waals surface area contributed by atoms with Crippen molar-refractivity contribution in [2.45, 2.75) is 18.6 Å². The van der Waals surface area contributed by atoms with Crippen molar-refractivity contribution in [3.05, 3.63) is 63.6 Å². The Balaban J connectivity index is 1.99. The highest BCUT2D eigenvalue weighted by Crippen LogP contribution is 2.42. The lowest BCUT2D eigenvalue weighted by molar-refractivity contribution is 0.161. The number of ether oxygens (including phenoxy) is 1. The summed E-state index contributed by atoms with van der Waals surface area (Å²) >= 11 is 12.3. The van der Waals surface area contributed by atoms with Crippen LogP contribution in [0.4, 0.5) is 0 Å². The summed E-state index contributed by atoms with van der Waals surface area (Å²) < 4.78 is 6.00. The molecule has 0 saturated heterocycles. The minimum absolute atomic E-state index is 0.0509. The highest BCUT2D eigenvalue weighted by atomic mass is 35.5. The summed E-state index contributed by atoms with van der Waals surface area (Å²) in [4.78, 5) is 0. The summed E-state index contributed by atoms with van der Waals surface area (Å²) in [5.41, 5.74) is 8.13. The lowest BCUT2D eigenvalue weighted by atomic mass is 9.93. The number of halogens is 2. The molecule has 2 aromatic carbocycles. The first-order valence-electron chi connectivity index (χ1n) is 6.12. The summed E-state index contributed by atoms with van der Waals surface area (Å²) in [7, 11) is 0. The second-order valence-electron chi connectivity index (χ2n) is 4.63. The van der Waals surface area contributed by atoms with Crippen LogP contribution in [0.1, 0.15) is 29.7 Å². The lowest BCUT2D eigenvalue weighted by Gasteiger charge is -2.31. The monoisotopic (exact) mass is 293 g/mol. The van der Waals surface area contributed by atoms with Crippen molar-refractivity contribution in [1.29, 1.82) is 0 Å². The van der Waals surface area contributed by atoms with Crippen LogP contribution in [0.25, 0.3) is 0 Å². The fraction of sp³-hybridized carbons (Fsp3) is 0.200. The van der Waals surface area contributed by atoms with Crippen molar-refractivity contribution in [2.75, 3.05) is 0 Å². The minimum atomic E-state index is -0.156. The molecule has 0 bridgehead atoms. The first-order valence-corrected chi connectivity index (χ1v) is 6.87. The Hall–Kier alpha value is -1.22. The Morgan fingerprint density at radius 2 is 1.74 bits per heavy atom. The number of hydrogen-bond acceptors (Lipinski definition) is 2. The molecule has 0 aliphatic carbocycles. The average Bonchev–Trinajstić information content (AvgIpc) is 2.42. The number of para-hydroxylation sites is 1. The molecular weight excluding hydrogens is 281 g/mol. The molecule has 19 heavy (non-hydrogen) atoms. The van der Waals surface area contributed by atoms with Gasteiger partial charge in [0.15, 0.2) is 0 Å². The molecule has 4 heteroatoms. The molecule has 0 radical (unpaired) electrons. The molecule has 0 aromatic heterocycles. The maximum absolute atomic E-state index is 6.25. The summed E-state index contributed by atoms with van der Waals surface area (Å²) in [6.07, 6.45) is 0.535. The largest absolute Gasteiger partial charge is 0.485 e. The molecule has 2 N–H and O–H groups in total. The van der Waals surface area contributed by atoms with Crippen LogP contribution in [0.3, 0.4) is 0 Å². The van der Waals surface area contributed by atoms with E-state index in [9.17, 15) is 0 Å². The van der Waals surface area contributed by atoms with Gasteiger partial charge in [0.25, 0.3) is 0 Å². The fourth-order valence-electron chi connectivity index (χ4n) is 2.41. The normalized spacial score (nSPS) is 21.6. The first-order chi connectivity index (χ1) is 9.16. The van der Waals surface area contributed by atoms with Gasteiger partial charge in [0, 0.05) is 23.6 Å². The van der Waals surface area contributed by atoms with E-state index in [1.54, 1.807) is 6.07 Å². The Morgan fingerprint density at radius 1 is 1.00 bits per heavy atom. The zero-order valence-corrected chi connectivity index (χ0v) is 11.7. The van der Waals surface area contributed by atoms with E-state index in [-0.39, 0.29) is 12.1 Å². The molecule has 0 spiro atoms. The van der Waals surface area contributed by atoms with Crippen molar-refractivity contribution in [3.63, 3.8) is 0 Å². The molecule has 3 rings (SSSR count). The van der Waals surface area contributed by atoms with E-state index in [1.807, 2.05) is 36.4 Å². The third-order valence-corrected chi connectivity index (χ3v) is 4.22. The number of rotatable bonds is 1. The van der Waals surface area contributed by atoms with Gasteiger partial charge in [-0.1, -0.05) is 53.5 Å². The van der Waals surface area contributed by atoms with E-state index in [0.717, 1.165) is 16.9 Å². The zero-order valence-electron chi connectivity index (χ0n) is 10.1. The van der Waals surface area contributed by atoms with E-state index in [4.69, 9.17) is 33.7 Å². The highest BCUT2D eigenvalue weighted by molar-refractivity contribution is 6.42. The zero-order chi connectivity index (χ0) is 13.4. The van der Waals surface area contributed by atoms with Crippen molar-refractivity contribution in [1.82, 2.24) is 0 Å². The quantitative estimate of drug-likeness (QED) is 0.839. The molecule has 1 aliphatic rings. The van der Waals surface area contributed by atoms with E-state index < -0.39 is 0 Å². The number of nitrogens with two attached hydrogens (primary N) is 1. The molecule has 98 valence electrons. The van der Waals surface area contributed by atoms with Crippen molar-refractivity contribution in [3.8, 4) is 5.75 Å². The van der Waals surface area contributed by atoms with Crippen LogP contribution in [-0.2, 0) is 0 Å². The van der Waals surface area contributed by atoms with E-state index >= 15 is 0 Å². The SMILES string of the molecule is NC1CC(c2cccc(Cl)c2Cl)Oc2ccccc21. The van der Waals surface area contributed by atoms with Gasteiger partial charge in [-0.05, 0) is 12.1 Å². The van der Waals surface area contributed by atoms with Gasteiger partial charge in [0.2, 0.25) is 0 Å². The van der Waals surface area contributed by atoms with Gasteiger partial charge >= 0.3 is 0 Å². The molecule has 0 fully saturated rings. The van der Waals surface area contributed by atoms with Gasteiger partial charge in [0.05, 0.1) is 10.0 Å². The van der Waals surface area contributed by atoms with Crippen LogP contribution in [0.5, 0.6) is 5.75 Å². The first kappa shape index (κ1) is 12.8. The van der Waals surface area contributed by atoms with Crippen LogP contribution < -0.4 is 10.5 Å². The maximum atomic E-state index is 6.25. The Bertz CT molecular complexity index is 615. The molecule has 2 unspecified atom stereocenters. The van der Waals surface area contributed by atoms with Crippen LogP contribution in [0.2, 0.25) is 10.0 Å². The molecule has 1 aliphatic heterocycles. The lowest BCUT2D eigenvalue weighted by Crippen LogP contribution is -2.24. The maximum Gasteiger partial charge on any atom is 0.127 e. The Kier molecular flexibility index (Phi) is 3.40. The molecule has 1 heterocycles. The van der Waals surface area contributed by atoms with Gasteiger partial charge in [0.1, 0.15) is 11.9 Å². The smallest absolute Gasteiger partial charge is 0.127 e. The van der Waals surface area contributed by atoms with E-state index in [2.05, 4.69) is 0 Å². The second-order valence-corrected chi connectivity index (χ2v) is 5.41. The summed E-state index contributed by atoms with van der Waals surface area (Å²) in [5.74, 6) is 0.822. The fourth-order valence-corrected chi connectivity index (χ4v) is 2.84. The molecule has 2 aromatic rings. The van der Waals surface area contributed by atoms with Gasteiger partial charge < -0.3 is 10.5 Å². The topological polar surface area (TPSA) is 35.2 Å². The van der Waals surface area contributed by atoms with Gasteiger partial charge in [-0.3, -0.25) is 0 Å². The number of hydrogen-bond donors (Lipinski definition) is 1. The average molecular weight is 294 g/mol. The van der Waals surface area contributed by atoms with Crippen LogP contribution in [-0.4, -0.2) is 0 Å². The number of fused-ring (bicyclic) bond motifs is 1. The van der Waals surface area contributed by atoms with Crippen molar-refractivity contribution < 1.29 is 4.74 Å². The van der Waals surface area contributed by atoms with Crippen LogP contribution in [0.15, 0.2) is 42.5 Å². The molecular formula is C15H13Cl2NO. The second kappa shape index (κ2) is 5.04. The molecule has 0 saturated carbocycles. The molecule has 0 amide bonds. The summed E-state index contributed by atoms with van der Waals surface area (Å²) in [5, 5.41) is 1.08. The third kappa shape index (κ3) is 2.32. The van der Waals surface area contributed by atoms with Crippen LogP contribution >= 0.6 is 23.2 Å². The highest BCUT2D eigenvalue weighted by Gasteiger charge is 2.28. The van der Waals surface area contributed by atoms with Gasteiger partial charge in [-0.2, -0.15) is 0 Å². The third-order valence-electron chi connectivity index (χ3n) is 3.38. The molecule has 2 nitrogen and oxygen atoms in total. The predicted molar refractivity (Wildman–Crippen MR) is 77.8 cm³/mol. The molecule has 2 atom stereocenters. The van der Waals surface area contributed by atoms with Crippen molar-refractivity contribution in [2.24, 2.45) is 5.73 Å². The summed E-state index contributed by atoms with van der Waals surface area (Å²) in [6, 6.07) is 13.4. The van der Waals surface area contributed by atoms with Crippen LogP contribution in [0, 0.1) is 0 Å².